The standard InChI is InChI=1S/C49H35N3/c1-2-38(33-15-5-3-6-16-33)40-21-11-13-23-45(40)50-52-48-30-27-36(32-44(48)42-28-25-34-17-9-10-20-39(34)49(42)52)35-26-29-47-43(31-35)41-22-12-14-24-46(41)51(47)37-18-7-4-8-19-37/h2-32,50H,1H3/b38-2-. The molecule has 0 fully saturated rings. The van der Waals surface area contributed by atoms with Gasteiger partial charge in [-0.25, -0.2) is 0 Å². The fraction of sp³-hybridized carbons (Fsp3) is 0.0204. The summed E-state index contributed by atoms with van der Waals surface area (Å²) < 4.78 is 4.67. The number of nitrogens with zero attached hydrogens (tertiary/aromatic N) is 2. The summed E-state index contributed by atoms with van der Waals surface area (Å²) >= 11 is 0. The number of anilines is 1. The van der Waals surface area contributed by atoms with Gasteiger partial charge in [-0.2, -0.15) is 0 Å². The lowest BCUT2D eigenvalue weighted by Crippen LogP contribution is -2.10. The maximum absolute atomic E-state index is 3.91. The van der Waals surface area contributed by atoms with Crippen LogP contribution in [0.2, 0.25) is 0 Å². The molecule has 3 nitrogen and oxygen atoms in total. The van der Waals surface area contributed by atoms with Crippen molar-refractivity contribution in [2.24, 2.45) is 0 Å². The van der Waals surface area contributed by atoms with Crippen LogP contribution in [0.1, 0.15) is 18.1 Å². The number of fused-ring (bicyclic) bond motifs is 8. The molecule has 0 amide bonds. The Morgan fingerprint density at radius 2 is 1.10 bits per heavy atom. The van der Waals surface area contributed by atoms with E-state index in [1.807, 2.05) is 0 Å². The number of hydrogen-bond acceptors (Lipinski definition) is 1. The molecule has 0 saturated heterocycles. The van der Waals surface area contributed by atoms with Crippen LogP contribution in [0.5, 0.6) is 0 Å². The van der Waals surface area contributed by atoms with Gasteiger partial charge in [-0.3, -0.25) is 10.1 Å². The number of para-hydroxylation sites is 3. The van der Waals surface area contributed by atoms with Crippen LogP contribution >= 0.6 is 0 Å². The van der Waals surface area contributed by atoms with Gasteiger partial charge in [-0.05, 0) is 83.1 Å². The third-order valence-electron chi connectivity index (χ3n) is 10.5. The first-order valence-electron chi connectivity index (χ1n) is 17.9. The van der Waals surface area contributed by atoms with Crippen LogP contribution in [-0.4, -0.2) is 9.24 Å². The highest BCUT2D eigenvalue weighted by Crippen LogP contribution is 2.40. The molecule has 0 bridgehead atoms. The van der Waals surface area contributed by atoms with E-state index in [0.29, 0.717) is 0 Å². The predicted molar refractivity (Wildman–Crippen MR) is 221 cm³/mol. The zero-order valence-electron chi connectivity index (χ0n) is 28.8. The Balaban J connectivity index is 1.16. The number of nitrogens with one attached hydrogen (secondary N) is 1. The van der Waals surface area contributed by atoms with Crippen molar-refractivity contribution in [1.82, 2.24) is 9.24 Å². The Labute approximate surface area is 302 Å². The molecule has 0 atom stereocenters. The van der Waals surface area contributed by atoms with E-state index in [1.54, 1.807) is 0 Å². The number of hydrogen-bond donors (Lipinski definition) is 1. The summed E-state index contributed by atoms with van der Waals surface area (Å²) in [6.45, 7) is 2.12. The van der Waals surface area contributed by atoms with E-state index in [1.165, 1.54) is 76.8 Å². The average molecular weight is 666 g/mol. The Morgan fingerprint density at radius 3 is 1.88 bits per heavy atom. The Bertz CT molecular complexity index is 2980. The zero-order valence-corrected chi connectivity index (χ0v) is 28.8. The quantitative estimate of drug-likeness (QED) is 0.188. The number of aromatic nitrogens is 2. The minimum Gasteiger partial charge on any atom is -0.309 e. The molecule has 52 heavy (non-hydrogen) atoms. The van der Waals surface area contributed by atoms with Crippen molar-refractivity contribution < 1.29 is 0 Å². The molecule has 246 valence electrons. The Hall–Kier alpha value is -6.84. The van der Waals surface area contributed by atoms with Crippen molar-refractivity contribution in [3.8, 4) is 16.8 Å². The molecule has 0 aliphatic carbocycles. The van der Waals surface area contributed by atoms with E-state index in [4.69, 9.17) is 0 Å². The van der Waals surface area contributed by atoms with Crippen LogP contribution in [0.25, 0.3) is 76.8 Å². The minimum atomic E-state index is 1.05. The van der Waals surface area contributed by atoms with Crippen LogP contribution in [0.15, 0.2) is 188 Å². The number of rotatable bonds is 6. The normalized spacial score (nSPS) is 12.1. The van der Waals surface area contributed by atoms with E-state index < -0.39 is 0 Å². The Kier molecular flexibility index (Phi) is 7.04. The summed E-state index contributed by atoms with van der Waals surface area (Å²) in [6.07, 6.45) is 2.21. The number of allylic oxidation sites excluding steroid dienone is 1. The molecule has 1 N–H and O–H groups in total. The molecule has 10 aromatic rings. The molecule has 0 aliphatic heterocycles. The molecule has 0 spiro atoms. The van der Waals surface area contributed by atoms with Crippen molar-refractivity contribution in [1.29, 1.82) is 0 Å². The van der Waals surface area contributed by atoms with Gasteiger partial charge in [0.1, 0.15) is 0 Å². The Morgan fingerprint density at radius 1 is 0.481 bits per heavy atom. The molecule has 0 aliphatic rings. The molecule has 10 rings (SSSR count). The highest BCUT2D eigenvalue weighted by Gasteiger charge is 2.18. The van der Waals surface area contributed by atoms with Crippen LogP contribution in [-0.2, 0) is 0 Å². The largest absolute Gasteiger partial charge is 0.309 e. The fourth-order valence-corrected chi connectivity index (χ4v) is 8.12. The van der Waals surface area contributed by atoms with Crippen LogP contribution < -0.4 is 5.43 Å². The summed E-state index contributed by atoms with van der Waals surface area (Å²) in [7, 11) is 0. The average Bonchev–Trinajstić information content (AvgIpc) is 3.71. The van der Waals surface area contributed by atoms with Gasteiger partial charge in [0.15, 0.2) is 0 Å². The highest BCUT2D eigenvalue weighted by atomic mass is 15.4. The summed E-state index contributed by atoms with van der Waals surface area (Å²) in [4.78, 5) is 0. The van der Waals surface area contributed by atoms with Crippen molar-refractivity contribution in [2.45, 2.75) is 6.92 Å². The first-order chi connectivity index (χ1) is 25.8. The maximum atomic E-state index is 3.91. The highest BCUT2D eigenvalue weighted by molar-refractivity contribution is 6.19. The monoisotopic (exact) mass is 665 g/mol. The predicted octanol–water partition coefficient (Wildman–Crippen LogP) is 13.0. The van der Waals surface area contributed by atoms with Crippen molar-refractivity contribution in [3.63, 3.8) is 0 Å². The van der Waals surface area contributed by atoms with Gasteiger partial charge in [0.05, 0.1) is 27.8 Å². The molecule has 2 heterocycles. The van der Waals surface area contributed by atoms with Gasteiger partial charge in [-0.15, -0.1) is 0 Å². The zero-order chi connectivity index (χ0) is 34.6. The molecular weight excluding hydrogens is 631 g/mol. The van der Waals surface area contributed by atoms with Crippen LogP contribution in [0, 0.1) is 0 Å². The molecule has 8 aromatic carbocycles. The molecule has 0 unspecified atom stereocenters. The van der Waals surface area contributed by atoms with Crippen LogP contribution in [0.3, 0.4) is 0 Å². The van der Waals surface area contributed by atoms with Gasteiger partial charge in [0.25, 0.3) is 0 Å². The van der Waals surface area contributed by atoms with Gasteiger partial charge >= 0.3 is 0 Å². The lowest BCUT2D eigenvalue weighted by molar-refractivity contribution is 1.06. The summed E-state index contributed by atoms with van der Waals surface area (Å²) in [5.74, 6) is 0. The lowest BCUT2D eigenvalue weighted by Gasteiger charge is -2.18. The van der Waals surface area contributed by atoms with Crippen molar-refractivity contribution in [2.75, 3.05) is 5.43 Å². The van der Waals surface area contributed by atoms with Crippen molar-refractivity contribution >= 4 is 65.6 Å². The molecule has 0 radical (unpaired) electrons. The smallest absolute Gasteiger partial charge is 0.0788 e. The lowest BCUT2D eigenvalue weighted by atomic mass is 9.96. The van der Waals surface area contributed by atoms with E-state index >= 15 is 0 Å². The summed E-state index contributed by atoms with van der Waals surface area (Å²) in [6, 6.07) is 65.7. The van der Waals surface area contributed by atoms with Crippen molar-refractivity contribution in [3.05, 3.63) is 199 Å². The van der Waals surface area contributed by atoms with E-state index in [-0.39, 0.29) is 0 Å². The molecule has 2 aromatic heterocycles. The summed E-state index contributed by atoms with van der Waals surface area (Å²) in [5, 5.41) is 7.37. The van der Waals surface area contributed by atoms with Crippen LogP contribution in [0.4, 0.5) is 5.69 Å². The van der Waals surface area contributed by atoms with Gasteiger partial charge in [0, 0.05) is 38.2 Å². The third-order valence-corrected chi connectivity index (χ3v) is 10.5. The molecular formula is C49H35N3. The minimum absolute atomic E-state index is 1.05. The fourth-order valence-electron chi connectivity index (χ4n) is 8.12. The molecule has 0 saturated carbocycles. The topological polar surface area (TPSA) is 21.9 Å². The second-order valence-electron chi connectivity index (χ2n) is 13.4. The van der Waals surface area contributed by atoms with E-state index in [9.17, 15) is 0 Å². The summed E-state index contributed by atoms with van der Waals surface area (Å²) in [5.41, 5.74) is 16.8. The second-order valence-corrected chi connectivity index (χ2v) is 13.4. The first kappa shape index (κ1) is 30.0. The van der Waals surface area contributed by atoms with E-state index in [0.717, 1.165) is 16.8 Å². The number of benzene rings is 8. The third kappa shape index (κ3) is 4.74. The SMILES string of the molecule is C/C=C(/c1ccccc1)c1ccccc1Nn1c2ccc(-c3ccc4c(c3)c3ccccc3n4-c3ccccc3)cc2c2ccc3ccccc3c21. The van der Waals surface area contributed by atoms with E-state index in [2.05, 4.69) is 210 Å². The maximum Gasteiger partial charge on any atom is 0.0788 e. The first-order valence-corrected chi connectivity index (χ1v) is 17.9. The second kappa shape index (κ2) is 12.2. The van der Waals surface area contributed by atoms with Gasteiger partial charge in [0.2, 0.25) is 0 Å². The molecule has 3 heteroatoms. The van der Waals surface area contributed by atoms with Gasteiger partial charge in [-0.1, -0.05) is 140 Å². The van der Waals surface area contributed by atoms with Gasteiger partial charge < -0.3 is 4.57 Å².